The largest absolute Gasteiger partial charge is 0.360 e. The van der Waals surface area contributed by atoms with Crippen LogP contribution in [0.5, 0.6) is 0 Å². The van der Waals surface area contributed by atoms with Crippen LogP contribution in [0.15, 0.2) is 10.6 Å². The van der Waals surface area contributed by atoms with Crippen LogP contribution in [0.25, 0.3) is 11.5 Å². The van der Waals surface area contributed by atoms with E-state index in [0.29, 0.717) is 23.7 Å². The van der Waals surface area contributed by atoms with E-state index in [4.69, 9.17) is 27.7 Å². The van der Waals surface area contributed by atoms with E-state index in [1.54, 1.807) is 0 Å². The highest BCUT2D eigenvalue weighted by atomic mass is 35.5. The van der Waals surface area contributed by atoms with Gasteiger partial charge in [0.05, 0.1) is 5.92 Å². The van der Waals surface area contributed by atoms with Gasteiger partial charge in [0.1, 0.15) is 16.1 Å². The minimum atomic E-state index is -0.207. The van der Waals surface area contributed by atoms with Crippen LogP contribution in [0, 0.1) is 0 Å². The molecule has 122 valence electrons. The van der Waals surface area contributed by atoms with Crippen LogP contribution in [0.2, 0.25) is 10.3 Å². The van der Waals surface area contributed by atoms with Crippen molar-refractivity contribution in [2.45, 2.75) is 51.4 Å². The van der Waals surface area contributed by atoms with Crippen molar-refractivity contribution in [3.8, 4) is 11.5 Å². The molecule has 0 amide bonds. The SMILES string of the molecule is CCCc1c(-c2nc(Cl)cc(Cl)n2)noc1[C@H]1CCCCC1=O. The molecule has 0 N–H and O–H groups in total. The topological polar surface area (TPSA) is 68.9 Å². The molecule has 5 nitrogen and oxygen atoms in total. The molecule has 2 aromatic rings. The van der Waals surface area contributed by atoms with Gasteiger partial charge in [0.2, 0.25) is 0 Å². The maximum atomic E-state index is 12.2. The maximum Gasteiger partial charge on any atom is 0.184 e. The summed E-state index contributed by atoms with van der Waals surface area (Å²) in [6.07, 6.45) is 5.03. The van der Waals surface area contributed by atoms with Crippen LogP contribution in [-0.2, 0) is 11.2 Å². The van der Waals surface area contributed by atoms with Gasteiger partial charge in [-0.05, 0) is 19.3 Å². The smallest absolute Gasteiger partial charge is 0.184 e. The number of ketones is 1. The molecule has 0 radical (unpaired) electrons. The number of carbonyl (C=O) groups excluding carboxylic acids is 1. The van der Waals surface area contributed by atoms with Crippen molar-refractivity contribution in [1.29, 1.82) is 0 Å². The Morgan fingerprint density at radius 1 is 1.26 bits per heavy atom. The summed E-state index contributed by atoms with van der Waals surface area (Å²) in [5.41, 5.74) is 1.43. The number of aromatic nitrogens is 3. The lowest BCUT2D eigenvalue weighted by molar-refractivity contribution is -0.122. The molecule has 0 unspecified atom stereocenters. The number of halogens is 2. The molecule has 1 aliphatic rings. The molecule has 2 aromatic heterocycles. The third kappa shape index (κ3) is 3.40. The Labute approximate surface area is 144 Å². The fourth-order valence-corrected chi connectivity index (χ4v) is 3.44. The molecule has 1 aliphatic carbocycles. The standard InChI is InChI=1S/C16H17Cl2N3O2/c1-2-5-10-14(16-19-12(17)8-13(18)20-16)21-23-15(10)9-6-3-4-7-11(9)22/h8-9H,2-7H2,1H3/t9-/m0/s1. The van der Waals surface area contributed by atoms with E-state index in [1.165, 1.54) is 6.07 Å². The molecule has 0 aromatic carbocycles. The Morgan fingerprint density at radius 3 is 2.65 bits per heavy atom. The molecule has 0 spiro atoms. The molecule has 23 heavy (non-hydrogen) atoms. The second kappa shape index (κ2) is 6.97. The zero-order chi connectivity index (χ0) is 16.4. The number of rotatable bonds is 4. The fourth-order valence-electron chi connectivity index (χ4n) is 3.02. The number of nitrogens with zero attached hydrogens (tertiary/aromatic N) is 3. The van der Waals surface area contributed by atoms with Crippen LogP contribution < -0.4 is 0 Å². The van der Waals surface area contributed by atoms with Crippen LogP contribution in [-0.4, -0.2) is 20.9 Å². The van der Waals surface area contributed by atoms with Crippen molar-refractivity contribution in [3.05, 3.63) is 27.7 Å². The molecule has 1 fully saturated rings. The monoisotopic (exact) mass is 353 g/mol. The summed E-state index contributed by atoms with van der Waals surface area (Å²) in [7, 11) is 0. The van der Waals surface area contributed by atoms with Crippen molar-refractivity contribution in [2.24, 2.45) is 0 Å². The highest BCUT2D eigenvalue weighted by Crippen LogP contribution is 2.36. The van der Waals surface area contributed by atoms with E-state index in [-0.39, 0.29) is 22.0 Å². The van der Waals surface area contributed by atoms with Gasteiger partial charge in [-0.1, -0.05) is 48.1 Å². The summed E-state index contributed by atoms with van der Waals surface area (Å²) in [5, 5.41) is 4.63. The van der Waals surface area contributed by atoms with E-state index in [0.717, 1.165) is 37.7 Å². The average Bonchev–Trinajstić information content (AvgIpc) is 2.91. The van der Waals surface area contributed by atoms with Gasteiger partial charge in [-0.3, -0.25) is 4.79 Å². The Balaban J connectivity index is 2.06. The van der Waals surface area contributed by atoms with E-state index in [9.17, 15) is 4.79 Å². The van der Waals surface area contributed by atoms with Gasteiger partial charge < -0.3 is 4.52 Å². The fraction of sp³-hybridized carbons (Fsp3) is 0.500. The average molecular weight is 354 g/mol. The zero-order valence-electron chi connectivity index (χ0n) is 12.8. The van der Waals surface area contributed by atoms with Crippen molar-refractivity contribution in [2.75, 3.05) is 0 Å². The van der Waals surface area contributed by atoms with Crippen LogP contribution in [0.4, 0.5) is 0 Å². The molecule has 2 heterocycles. The van der Waals surface area contributed by atoms with E-state index < -0.39 is 0 Å². The first-order chi connectivity index (χ1) is 11.1. The number of carbonyl (C=O) groups is 1. The Bertz CT molecular complexity index is 710. The van der Waals surface area contributed by atoms with Gasteiger partial charge in [0.25, 0.3) is 0 Å². The second-order valence-corrected chi connectivity index (χ2v) is 6.50. The Hall–Kier alpha value is -1.46. The molecule has 0 aliphatic heterocycles. The van der Waals surface area contributed by atoms with Gasteiger partial charge in [-0.2, -0.15) is 0 Å². The number of hydrogen-bond acceptors (Lipinski definition) is 5. The summed E-state index contributed by atoms with van der Waals surface area (Å²) in [6.45, 7) is 2.06. The third-order valence-electron chi connectivity index (χ3n) is 4.07. The zero-order valence-corrected chi connectivity index (χ0v) is 14.3. The molecule has 1 saturated carbocycles. The van der Waals surface area contributed by atoms with Crippen LogP contribution >= 0.6 is 23.2 Å². The normalized spacial score (nSPS) is 18.4. The molecule has 0 saturated heterocycles. The molecule has 0 bridgehead atoms. The lowest BCUT2D eigenvalue weighted by Crippen LogP contribution is -2.17. The number of Topliss-reactive ketones (excluding diaryl/α,β-unsaturated/α-hetero) is 1. The minimum absolute atomic E-state index is 0.207. The quantitative estimate of drug-likeness (QED) is 0.750. The first-order valence-corrected chi connectivity index (χ1v) is 8.57. The van der Waals surface area contributed by atoms with E-state index in [2.05, 4.69) is 22.0 Å². The minimum Gasteiger partial charge on any atom is -0.360 e. The molecular formula is C16H17Cl2N3O2. The van der Waals surface area contributed by atoms with Gasteiger partial charge >= 0.3 is 0 Å². The summed E-state index contributed by atoms with van der Waals surface area (Å²) >= 11 is 11.9. The van der Waals surface area contributed by atoms with Gasteiger partial charge in [0.15, 0.2) is 17.3 Å². The summed E-state index contributed by atoms with van der Waals surface area (Å²) < 4.78 is 5.56. The summed E-state index contributed by atoms with van der Waals surface area (Å²) in [5.74, 6) is 1.01. The Kier molecular flexibility index (Phi) is 4.97. The van der Waals surface area contributed by atoms with Crippen molar-refractivity contribution >= 4 is 29.0 Å². The lowest BCUT2D eigenvalue weighted by atomic mass is 9.84. The predicted molar refractivity (Wildman–Crippen MR) is 87.8 cm³/mol. The summed E-state index contributed by atoms with van der Waals surface area (Å²) in [6, 6.07) is 1.47. The molecule has 1 atom stereocenters. The highest BCUT2D eigenvalue weighted by Gasteiger charge is 2.32. The molecular weight excluding hydrogens is 337 g/mol. The van der Waals surface area contributed by atoms with E-state index in [1.807, 2.05) is 0 Å². The van der Waals surface area contributed by atoms with E-state index >= 15 is 0 Å². The summed E-state index contributed by atoms with van der Waals surface area (Å²) in [4.78, 5) is 20.6. The van der Waals surface area contributed by atoms with Crippen molar-refractivity contribution in [3.63, 3.8) is 0 Å². The van der Waals surface area contributed by atoms with Crippen LogP contribution in [0.3, 0.4) is 0 Å². The highest BCUT2D eigenvalue weighted by molar-refractivity contribution is 6.33. The molecule has 7 heteroatoms. The number of hydrogen-bond donors (Lipinski definition) is 0. The Morgan fingerprint density at radius 2 is 2.00 bits per heavy atom. The van der Waals surface area contributed by atoms with Gasteiger partial charge in [-0.15, -0.1) is 0 Å². The van der Waals surface area contributed by atoms with Gasteiger partial charge in [-0.25, -0.2) is 9.97 Å². The third-order valence-corrected chi connectivity index (χ3v) is 4.45. The van der Waals surface area contributed by atoms with Crippen LogP contribution in [0.1, 0.15) is 56.3 Å². The van der Waals surface area contributed by atoms with Crippen molar-refractivity contribution < 1.29 is 9.32 Å². The predicted octanol–water partition coefficient (Wildman–Crippen LogP) is 4.62. The second-order valence-electron chi connectivity index (χ2n) is 5.73. The maximum absolute atomic E-state index is 12.2. The first kappa shape index (κ1) is 16.4. The lowest BCUT2D eigenvalue weighted by Gasteiger charge is -2.18. The van der Waals surface area contributed by atoms with Crippen molar-refractivity contribution in [1.82, 2.24) is 15.1 Å². The van der Waals surface area contributed by atoms with Gasteiger partial charge in [0, 0.05) is 18.1 Å². The molecule has 3 rings (SSSR count). The first-order valence-electron chi connectivity index (χ1n) is 7.81.